The van der Waals surface area contributed by atoms with Crippen LogP contribution in [0.25, 0.3) is 5.69 Å². The molecule has 1 aromatic heterocycles. The molecule has 4 nitrogen and oxygen atoms in total. The number of imidazole rings is 1. The van der Waals surface area contributed by atoms with E-state index < -0.39 is 0 Å². The van der Waals surface area contributed by atoms with Gasteiger partial charge in [0.15, 0.2) is 0 Å². The molecular weight excluding hydrogens is 296 g/mol. The van der Waals surface area contributed by atoms with E-state index in [4.69, 9.17) is 5.73 Å². The molecule has 3 rings (SSSR count). The van der Waals surface area contributed by atoms with Crippen molar-refractivity contribution in [3.63, 3.8) is 0 Å². The molecule has 0 radical (unpaired) electrons. The van der Waals surface area contributed by atoms with Crippen LogP contribution in [0.1, 0.15) is 24.8 Å². The van der Waals surface area contributed by atoms with E-state index in [-0.39, 0.29) is 12.4 Å². The Balaban J connectivity index is 0.00000176. The maximum absolute atomic E-state index is 5.69. The van der Waals surface area contributed by atoms with Gasteiger partial charge in [0.05, 0.1) is 6.33 Å². The zero-order valence-electron chi connectivity index (χ0n) is 12.9. The Bertz CT molecular complexity index is 536. The van der Waals surface area contributed by atoms with Gasteiger partial charge in [-0.15, -0.1) is 12.4 Å². The molecule has 0 amide bonds. The number of piperidine rings is 1. The van der Waals surface area contributed by atoms with Crippen molar-refractivity contribution in [1.29, 1.82) is 0 Å². The molecule has 2 aromatic rings. The van der Waals surface area contributed by atoms with E-state index in [9.17, 15) is 0 Å². The Morgan fingerprint density at radius 3 is 2.73 bits per heavy atom. The van der Waals surface area contributed by atoms with E-state index in [1.807, 2.05) is 17.1 Å². The van der Waals surface area contributed by atoms with Gasteiger partial charge in [-0.1, -0.05) is 12.1 Å². The van der Waals surface area contributed by atoms with Gasteiger partial charge in [-0.3, -0.25) is 4.90 Å². The topological polar surface area (TPSA) is 47.1 Å². The van der Waals surface area contributed by atoms with Crippen molar-refractivity contribution in [2.45, 2.75) is 25.8 Å². The third-order valence-corrected chi connectivity index (χ3v) is 4.32. The van der Waals surface area contributed by atoms with Gasteiger partial charge >= 0.3 is 0 Å². The van der Waals surface area contributed by atoms with Crippen LogP contribution < -0.4 is 5.73 Å². The van der Waals surface area contributed by atoms with Crippen LogP contribution in [0, 0.1) is 5.92 Å². The molecule has 1 aliphatic heterocycles. The summed E-state index contributed by atoms with van der Waals surface area (Å²) in [5, 5.41) is 0. The summed E-state index contributed by atoms with van der Waals surface area (Å²) in [6.45, 7) is 4.27. The second kappa shape index (κ2) is 8.32. The lowest BCUT2D eigenvalue weighted by molar-refractivity contribution is 0.163. The second-order valence-electron chi connectivity index (χ2n) is 5.96. The van der Waals surface area contributed by atoms with Gasteiger partial charge in [-0.2, -0.15) is 0 Å². The number of likely N-dealkylation sites (tertiary alicyclic amines) is 1. The summed E-state index contributed by atoms with van der Waals surface area (Å²) >= 11 is 0. The number of rotatable bonds is 5. The first-order valence-corrected chi connectivity index (χ1v) is 7.85. The van der Waals surface area contributed by atoms with E-state index >= 15 is 0 Å². The fourth-order valence-corrected chi connectivity index (χ4v) is 3.21. The lowest BCUT2D eigenvalue weighted by atomic mass is 9.94. The molecule has 2 N–H and O–H groups in total. The molecule has 5 heteroatoms. The lowest BCUT2D eigenvalue weighted by Crippen LogP contribution is -2.35. The van der Waals surface area contributed by atoms with Crippen LogP contribution in [0.15, 0.2) is 43.0 Å². The molecule has 1 aromatic carbocycles. The number of hydrogen-bond acceptors (Lipinski definition) is 3. The summed E-state index contributed by atoms with van der Waals surface area (Å²) in [6.07, 6.45) is 9.41. The first-order chi connectivity index (χ1) is 10.3. The number of benzene rings is 1. The highest BCUT2D eigenvalue weighted by atomic mass is 35.5. The minimum Gasteiger partial charge on any atom is -0.330 e. The van der Waals surface area contributed by atoms with E-state index in [1.54, 1.807) is 6.20 Å². The lowest BCUT2D eigenvalue weighted by Gasteiger charge is -2.32. The minimum absolute atomic E-state index is 0. The summed E-state index contributed by atoms with van der Waals surface area (Å²) in [6, 6.07) is 8.78. The highest BCUT2D eigenvalue weighted by Gasteiger charge is 2.19. The molecule has 1 atom stereocenters. The quantitative estimate of drug-likeness (QED) is 0.921. The minimum atomic E-state index is 0. The summed E-state index contributed by atoms with van der Waals surface area (Å²) in [5.74, 6) is 0.786. The van der Waals surface area contributed by atoms with Crippen molar-refractivity contribution in [3.8, 4) is 5.69 Å². The maximum atomic E-state index is 5.69. The fraction of sp³-hybridized carbons (Fsp3) is 0.471. The monoisotopic (exact) mass is 320 g/mol. The molecule has 0 saturated carbocycles. The summed E-state index contributed by atoms with van der Waals surface area (Å²) in [4.78, 5) is 6.65. The molecule has 0 spiro atoms. The van der Waals surface area contributed by atoms with Crippen molar-refractivity contribution >= 4 is 12.4 Å². The number of aromatic nitrogens is 2. The molecule has 1 unspecified atom stereocenters. The Hall–Kier alpha value is -1.36. The molecule has 1 fully saturated rings. The summed E-state index contributed by atoms with van der Waals surface area (Å²) in [5.41, 5.74) is 8.24. The molecular formula is C17H25ClN4. The molecule has 0 bridgehead atoms. The van der Waals surface area contributed by atoms with Gasteiger partial charge in [0, 0.05) is 31.2 Å². The summed E-state index contributed by atoms with van der Waals surface area (Å²) in [7, 11) is 0. The van der Waals surface area contributed by atoms with Crippen molar-refractivity contribution in [1.82, 2.24) is 14.5 Å². The third-order valence-electron chi connectivity index (χ3n) is 4.32. The van der Waals surface area contributed by atoms with Crippen LogP contribution in [0.3, 0.4) is 0 Å². The average molecular weight is 321 g/mol. The smallest absolute Gasteiger partial charge is 0.0991 e. The summed E-state index contributed by atoms with van der Waals surface area (Å²) < 4.78 is 2.03. The normalized spacial score (nSPS) is 18.9. The largest absolute Gasteiger partial charge is 0.330 e. The average Bonchev–Trinajstić information content (AvgIpc) is 3.03. The second-order valence-corrected chi connectivity index (χ2v) is 5.96. The van der Waals surface area contributed by atoms with Gasteiger partial charge in [0.25, 0.3) is 0 Å². The number of hydrogen-bond donors (Lipinski definition) is 1. The molecule has 120 valence electrons. The molecule has 1 saturated heterocycles. The van der Waals surface area contributed by atoms with Crippen LogP contribution in [0.2, 0.25) is 0 Å². The van der Waals surface area contributed by atoms with Gasteiger partial charge < -0.3 is 10.3 Å². The van der Waals surface area contributed by atoms with Crippen LogP contribution in [0.4, 0.5) is 0 Å². The van der Waals surface area contributed by atoms with E-state index in [0.717, 1.165) is 31.1 Å². The van der Waals surface area contributed by atoms with Crippen molar-refractivity contribution in [3.05, 3.63) is 48.5 Å². The van der Waals surface area contributed by atoms with Crippen LogP contribution in [-0.2, 0) is 6.54 Å². The van der Waals surface area contributed by atoms with E-state index in [0.29, 0.717) is 0 Å². The van der Waals surface area contributed by atoms with Gasteiger partial charge in [-0.05, 0) is 56.0 Å². The highest BCUT2D eigenvalue weighted by molar-refractivity contribution is 5.85. The number of halogens is 1. The van der Waals surface area contributed by atoms with Gasteiger partial charge in [0.1, 0.15) is 0 Å². The van der Waals surface area contributed by atoms with E-state index in [1.165, 1.54) is 31.5 Å². The van der Waals surface area contributed by atoms with Crippen molar-refractivity contribution in [2.24, 2.45) is 11.7 Å². The zero-order valence-corrected chi connectivity index (χ0v) is 13.7. The first kappa shape index (κ1) is 17.0. The Kier molecular flexibility index (Phi) is 6.43. The zero-order chi connectivity index (χ0) is 14.5. The Labute approximate surface area is 138 Å². The standard InChI is InChI=1S/C17H24N4.ClH/c18-8-7-15-2-1-10-20(12-15)13-16-3-5-17(6-4-16)21-11-9-19-14-21;/h3-6,9,11,14-15H,1-2,7-8,10,12-13,18H2;1H. The molecule has 0 aliphatic carbocycles. The van der Waals surface area contributed by atoms with E-state index in [2.05, 4.69) is 34.1 Å². The van der Waals surface area contributed by atoms with Gasteiger partial charge in [0.2, 0.25) is 0 Å². The van der Waals surface area contributed by atoms with Crippen molar-refractivity contribution in [2.75, 3.05) is 19.6 Å². The SMILES string of the molecule is Cl.NCCC1CCCN(Cc2ccc(-n3ccnc3)cc2)C1. The maximum Gasteiger partial charge on any atom is 0.0991 e. The Morgan fingerprint density at radius 2 is 2.05 bits per heavy atom. The number of nitrogens with two attached hydrogens (primary N) is 1. The number of nitrogens with zero attached hydrogens (tertiary/aromatic N) is 3. The molecule has 2 heterocycles. The Morgan fingerprint density at radius 1 is 1.23 bits per heavy atom. The van der Waals surface area contributed by atoms with Crippen LogP contribution in [0.5, 0.6) is 0 Å². The predicted octanol–water partition coefficient (Wildman–Crippen LogP) is 2.85. The fourth-order valence-electron chi connectivity index (χ4n) is 3.21. The van der Waals surface area contributed by atoms with Gasteiger partial charge in [-0.25, -0.2) is 4.98 Å². The molecule has 22 heavy (non-hydrogen) atoms. The van der Waals surface area contributed by atoms with Crippen LogP contribution >= 0.6 is 12.4 Å². The first-order valence-electron chi connectivity index (χ1n) is 7.85. The van der Waals surface area contributed by atoms with Crippen molar-refractivity contribution < 1.29 is 0 Å². The predicted molar refractivity (Wildman–Crippen MR) is 92.5 cm³/mol. The highest BCUT2D eigenvalue weighted by Crippen LogP contribution is 2.21. The molecule has 1 aliphatic rings. The third kappa shape index (κ3) is 4.32. The van der Waals surface area contributed by atoms with Crippen LogP contribution in [-0.4, -0.2) is 34.1 Å².